The number of rotatable bonds is 15. The Bertz CT molecular complexity index is 1170. The second-order valence-electron chi connectivity index (χ2n) is 11.8. The van der Waals surface area contributed by atoms with Gasteiger partial charge in [-0.2, -0.15) is 0 Å². The lowest BCUT2D eigenvalue weighted by Gasteiger charge is -2.35. The zero-order valence-corrected chi connectivity index (χ0v) is 26.1. The molecule has 0 saturated carbocycles. The van der Waals surface area contributed by atoms with Gasteiger partial charge in [0.1, 0.15) is 23.4 Å². The first-order chi connectivity index (χ1) is 19.9. The summed E-state index contributed by atoms with van der Waals surface area (Å²) in [7, 11) is 0. The lowest BCUT2D eigenvalue weighted by atomic mass is 9.98. The molecule has 8 nitrogen and oxygen atoms in total. The molecule has 0 aliphatic carbocycles. The number of benzene rings is 2. The predicted molar refractivity (Wildman–Crippen MR) is 168 cm³/mol. The van der Waals surface area contributed by atoms with E-state index in [1.807, 2.05) is 31.2 Å². The van der Waals surface area contributed by atoms with Crippen molar-refractivity contribution in [2.24, 2.45) is 0 Å². The maximum Gasteiger partial charge on any atom is 0.408 e. The minimum absolute atomic E-state index is 0.0761. The zero-order valence-electron chi connectivity index (χ0n) is 26.1. The standard InChI is InChI=1S/C34H49N3O5/c1-8-11-12-21-37(30(31(39)35-24(4)14-9-2)27-16-13-15-25(10-3)22-27)32(40)29(36-33(41)42-34(5,6)7)23-26-17-19-28(38)20-18-26/h10,13,15-20,22,24,29-30,38H,3,8-9,11-12,14,21,23H2,1-2,4-7H3,(H,35,39)(H,36,41). The van der Waals surface area contributed by atoms with E-state index >= 15 is 0 Å². The molecule has 0 bridgehead atoms. The third-order valence-corrected chi connectivity index (χ3v) is 6.78. The highest BCUT2D eigenvalue weighted by Gasteiger charge is 2.36. The van der Waals surface area contributed by atoms with Gasteiger partial charge >= 0.3 is 6.09 Å². The number of nitrogens with zero attached hydrogens (tertiary/aromatic N) is 1. The summed E-state index contributed by atoms with van der Waals surface area (Å²) in [6.07, 6.45) is 5.35. The van der Waals surface area contributed by atoms with E-state index in [-0.39, 0.29) is 24.1 Å². The third kappa shape index (κ3) is 11.2. The van der Waals surface area contributed by atoms with Gasteiger partial charge in [0.05, 0.1) is 0 Å². The number of alkyl carbamates (subject to hydrolysis) is 1. The Labute approximate surface area is 251 Å². The van der Waals surface area contributed by atoms with Gasteiger partial charge < -0.3 is 25.4 Å². The molecule has 0 saturated heterocycles. The summed E-state index contributed by atoms with van der Waals surface area (Å²) in [5, 5.41) is 15.7. The molecule has 0 heterocycles. The van der Waals surface area contributed by atoms with E-state index in [9.17, 15) is 19.5 Å². The van der Waals surface area contributed by atoms with Gasteiger partial charge in [-0.3, -0.25) is 9.59 Å². The number of amides is 3. The molecule has 0 aliphatic rings. The van der Waals surface area contributed by atoms with E-state index in [0.717, 1.165) is 36.8 Å². The molecule has 3 atom stereocenters. The second-order valence-corrected chi connectivity index (χ2v) is 11.8. The van der Waals surface area contributed by atoms with Crippen LogP contribution in [0.25, 0.3) is 6.08 Å². The molecule has 8 heteroatoms. The van der Waals surface area contributed by atoms with Crippen LogP contribution in [-0.4, -0.2) is 52.1 Å². The van der Waals surface area contributed by atoms with Crippen LogP contribution < -0.4 is 10.6 Å². The van der Waals surface area contributed by atoms with E-state index in [1.54, 1.807) is 43.9 Å². The zero-order chi connectivity index (χ0) is 31.3. The predicted octanol–water partition coefficient (Wildman–Crippen LogP) is 6.54. The molecule has 3 unspecified atom stereocenters. The highest BCUT2D eigenvalue weighted by Crippen LogP contribution is 2.26. The fourth-order valence-electron chi connectivity index (χ4n) is 4.77. The molecule has 2 aromatic rings. The number of hydrogen-bond donors (Lipinski definition) is 3. The Morgan fingerprint density at radius 3 is 2.31 bits per heavy atom. The maximum absolute atomic E-state index is 14.5. The average Bonchev–Trinajstić information content (AvgIpc) is 2.92. The van der Waals surface area contributed by atoms with Crippen LogP contribution in [0, 0.1) is 0 Å². The Kier molecular flexibility index (Phi) is 13.6. The van der Waals surface area contributed by atoms with Gasteiger partial charge in [-0.1, -0.05) is 76.1 Å². The quantitative estimate of drug-likeness (QED) is 0.208. The van der Waals surface area contributed by atoms with Gasteiger partial charge in [-0.25, -0.2) is 4.79 Å². The van der Waals surface area contributed by atoms with Gasteiger partial charge in [-0.05, 0) is 75.4 Å². The number of ether oxygens (including phenoxy) is 1. The molecule has 2 aromatic carbocycles. The summed E-state index contributed by atoms with van der Waals surface area (Å²) in [6.45, 7) is 15.6. The van der Waals surface area contributed by atoms with Crippen molar-refractivity contribution in [1.82, 2.24) is 15.5 Å². The monoisotopic (exact) mass is 579 g/mol. The van der Waals surface area contributed by atoms with E-state index < -0.39 is 29.7 Å². The summed E-state index contributed by atoms with van der Waals surface area (Å²) in [6, 6.07) is 11.9. The minimum atomic E-state index is -1.02. The number of phenolic OH excluding ortho intramolecular Hbond substituents is 1. The summed E-state index contributed by atoms with van der Waals surface area (Å²) >= 11 is 0. The number of carbonyl (C=O) groups is 3. The van der Waals surface area contributed by atoms with E-state index in [1.165, 1.54) is 12.1 Å². The van der Waals surface area contributed by atoms with Crippen LogP contribution in [-0.2, 0) is 20.7 Å². The molecule has 0 fully saturated rings. The normalized spacial score (nSPS) is 13.4. The third-order valence-electron chi connectivity index (χ3n) is 6.78. The minimum Gasteiger partial charge on any atom is -0.508 e. The van der Waals surface area contributed by atoms with Crippen LogP contribution in [0.4, 0.5) is 4.79 Å². The van der Waals surface area contributed by atoms with Gasteiger partial charge in [0, 0.05) is 19.0 Å². The SMILES string of the molecule is C=Cc1cccc(C(C(=O)NC(C)CCC)N(CCCCC)C(=O)C(Cc2ccc(O)cc2)NC(=O)OC(C)(C)C)c1. The first kappa shape index (κ1) is 34.4. The fourth-order valence-corrected chi connectivity index (χ4v) is 4.77. The van der Waals surface area contributed by atoms with Crippen LogP contribution in [0.1, 0.15) is 96.4 Å². The molecular weight excluding hydrogens is 530 g/mol. The topological polar surface area (TPSA) is 108 Å². The number of phenols is 1. The molecular formula is C34H49N3O5. The largest absolute Gasteiger partial charge is 0.508 e. The van der Waals surface area contributed by atoms with E-state index in [4.69, 9.17) is 4.74 Å². The molecule has 0 aromatic heterocycles. The number of nitrogens with one attached hydrogen (secondary N) is 2. The molecule has 0 aliphatic heterocycles. The van der Waals surface area contributed by atoms with Crippen LogP contribution >= 0.6 is 0 Å². The maximum atomic E-state index is 14.5. The molecule has 2 rings (SSSR count). The van der Waals surface area contributed by atoms with Crippen molar-refractivity contribution in [3.63, 3.8) is 0 Å². The van der Waals surface area contributed by atoms with Crippen molar-refractivity contribution in [1.29, 1.82) is 0 Å². The van der Waals surface area contributed by atoms with Crippen LogP contribution in [0.5, 0.6) is 5.75 Å². The van der Waals surface area contributed by atoms with Gasteiger partial charge in [0.15, 0.2) is 0 Å². The first-order valence-electron chi connectivity index (χ1n) is 15.0. The average molecular weight is 580 g/mol. The van der Waals surface area contributed by atoms with Gasteiger partial charge in [-0.15, -0.1) is 0 Å². The van der Waals surface area contributed by atoms with Gasteiger partial charge in [0.2, 0.25) is 11.8 Å². The van der Waals surface area contributed by atoms with Crippen LogP contribution in [0.15, 0.2) is 55.1 Å². The van der Waals surface area contributed by atoms with Crippen LogP contribution in [0.2, 0.25) is 0 Å². The molecule has 0 radical (unpaired) electrons. The number of unbranched alkanes of at least 4 members (excludes halogenated alkanes) is 2. The van der Waals surface area contributed by atoms with Crippen molar-refractivity contribution < 1.29 is 24.2 Å². The number of aromatic hydroxyl groups is 1. The van der Waals surface area contributed by atoms with Crippen LogP contribution in [0.3, 0.4) is 0 Å². The summed E-state index contributed by atoms with van der Waals surface area (Å²) in [5.41, 5.74) is 1.47. The number of carbonyl (C=O) groups excluding carboxylic acids is 3. The summed E-state index contributed by atoms with van der Waals surface area (Å²) in [4.78, 5) is 43.0. The molecule has 3 amide bonds. The smallest absolute Gasteiger partial charge is 0.408 e. The first-order valence-corrected chi connectivity index (χ1v) is 15.0. The molecule has 42 heavy (non-hydrogen) atoms. The second kappa shape index (κ2) is 16.6. The molecule has 0 spiro atoms. The highest BCUT2D eigenvalue weighted by molar-refractivity contribution is 5.92. The summed E-state index contributed by atoms with van der Waals surface area (Å²) in [5.74, 6) is -0.567. The van der Waals surface area contributed by atoms with Crippen molar-refractivity contribution in [2.45, 2.75) is 104 Å². The van der Waals surface area contributed by atoms with E-state index in [0.29, 0.717) is 18.5 Å². The van der Waals surface area contributed by atoms with Crippen molar-refractivity contribution in [3.8, 4) is 5.75 Å². The van der Waals surface area contributed by atoms with Crippen molar-refractivity contribution in [2.75, 3.05) is 6.54 Å². The molecule has 230 valence electrons. The Hall–Kier alpha value is -3.81. The van der Waals surface area contributed by atoms with Crippen molar-refractivity contribution in [3.05, 3.63) is 71.8 Å². The van der Waals surface area contributed by atoms with Gasteiger partial charge in [0.25, 0.3) is 0 Å². The van der Waals surface area contributed by atoms with Crippen molar-refractivity contribution >= 4 is 24.0 Å². The lowest BCUT2D eigenvalue weighted by molar-refractivity contribution is -0.142. The summed E-state index contributed by atoms with van der Waals surface area (Å²) < 4.78 is 5.50. The Balaban J connectivity index is 2.60. The fraction of sp³-hybridized carbons (Fsp3) is 0.500. The van der Waals surface area contributed by atoms with E-state index in [2.05, 4.69) is 31.1 Å². The number of hydrogen-bond acceptors (Lipinski definition) is 5. The highest BCUT2D eigenvalue weighted by atomic mass is 16.6. The lowest BCUT2D eigenvalue weighted by Crippen LogP contribution is -2.54. The Morgan fingerprint density at radius 2 is 1.71 bits per heavy atom. The molecule has 3 N–H and O–H groups in total. The Morgan fingerprint density at radius 1 is 1.02 bits per heavy atom.